The summed E-state index contributed by atoms with van der Waals surface area (Å²) in [6.45, 7) is 2.28. The van der Waals surface area contributed by atoms with Crippen molar-refractivity contribution in [1.82, 2.24) is 10.2 Å². The van der Waals surface area contributed by atoms with Gasteiger partial charge in [-0.15, -0.1) is 11.8 Å². The van der Waals surface area contributed by atoms with E-state index in [0.717, 1.165) is 10.5 Å². The molecule has 2 aromatic rings. The SMILES string of the molecule is CCC(C(=O)NC)N(Cc1ccc(Cl)cc1)C(=O)CSc1ccccc1. The number of hydrogen-bond acceptors (Lipinski definition) is 3. The van der Waals surface area contributed by atoms with Gasteiger partial charge < -0.3 is 10.2 Å². The molecule has 0 aliphatic heterocycles. The minimum atomic E-state index is -0.500. The second-order valence-corrected chi connectivity index (χ2v) is 7.27. The summed E-state index contributed by atoms with van der Waals surface area (Å²) in [5.74, 6) is 0.0641. The third-order valence-corrected chi connectivity index (χ3v) is 5.25. The summed E-state index contributed by atoms with van der Waals surface area (Å²) >= 11 is 7.42. The van der Waals surface area contributed by atoms with Gasteiger partial charge in [0.05, 0.1) is 5.75 Å². The maximum Gasteiger partial charge on any atom is 0.242 e. The van der Waals surface area contributed by atoms with Crippen molar-refractivity contribution < 1.29 is 9.59 Å². The van der Waals surface area contributed by atoms with Gasteiger partial charge in [-0.05, 0) is 36.2 Å². The van der Waals surface area contributed by atoms with Gasteiger partial charge in [-0.1, -0.05) is 48.9 Å². The number of amides is 2. The molecule has 0 fully saturated rings. The van der Waals surface area contributed by atoms with Crippen molar-refractivity contribution in [2.45, 2.75) is 30.8 Å². The maximum atomic E-state index is 12.9. The van der Waals surface area contributed by atoms with Crippen molar-refractivity contribution in [3.8, 4) is 0 Å². The summed E-state index contributed by atoms with van der Waals surface area (Å²) in [5.41, 5.74) is 0.940. The van der Waals surface area contributed by atoms with Crippen molar-refractivity contribution in [2.75, 3.05) is 12.8 Å². The number of carbonyl (C=O) groups excluding carboxylic acids is 2. The highest BCUT2D eigenvalue weighted by Crippen LogP contribution is 2.20. The van der Waals surface area contributed by atoms with Crippen LogP contribution in [0.1, 0.15) is 18.9 Å². The van der Waals surface area contributed by atoms with Gasteiger partial charge in [0.1, 0.15) is 6.04 Å². The first-order valence-electron chi connectivity index (χ1n) is 8.48. The Morgan fingerprint density at radius 3 is 2.35 bits per heavy atom. The van der Waals surface area contributed by atoms with E-state index in [0.29, 0.717) is 18.0 Å². The first-order valence-corrected chi connectivity index (χ1v) is 9.84. The molecular formula is C20H23ClN2O2S. The molecule has 0 saturated carbocycles. The standard InChI is InChI=1S/C20H23ClN2O2S/c1-3-18(20(25)22-2)23(13-15-9-11-16(21)12-10-15)19(24)14-26-17-7-5-4-6-8-17/h4-12,18H,3,13-14H2,1-2H3,(H,22,25). The molecule has 0 radical (unpaired) electrons. The van der Waals surface area contributed by atoms with Gasteiger partial charge in [0.15, 0.2) is 0 Å². The van der Waals surface area contributed by atoms with Crippen LogP contribution in [0.3, 0.4) is 0 Å². The average molecular weight is 391 g/mol. The van der Waals surface area contributed by atoms with Crippen LogP contribution in [0.5, 0.6) is 0 Å². The minimum Gasteiger partial charge on any atom is -0.357 e. The van der Waals surface area contributed by atoms with E-state index >= 15 is 0 Å². The Hall–Kier alpha value is -1.98. The molecule has 1 atom stereocenters. The highest BCUT2D eigenvalue weighted by atomic mass is 35.5. The van der Waals surface area contributed by atoms with Crippen LogP contribution in [-0.2, 0) is 16.1 Å². The zero-order valence-electron chi connectivity index (χ0n) is 14.9. The van der Waals surface area contributed by atoms with Crippen LogP contribution >= 0.6 is 23.4 Å². The highest BCUT2D eigenvalue weighted by molar-refractivity contribution is 8.00. The maximum absolute atomic E-state index is 12.9. The summed E-state index contributed by atoms with van der Waals surface area (Å²) in [5, 5.41) is 3.30. The van der Waals surface area contributed by atoms with Crippen LogP contribution in [0.25, 0.3) is 0 Å². The molecule has 1 unspecified atom stereocenters. The van der Waals surface area contributed by atoms with Crippen molar-refractivity contribution in [1.29, 1.82) is 0 Å². The van der Waals surface area contributed by atoms with Crippen molar-refractivity contribution >= 4 is 35.2 Å². The fourth-order valence-electron chi connectivity index (χ4n) is 2.62. The second-order valence-electron chi connectivity index (χ2n) is 5.79. The van der Waals surface area contributed by atoms with E-state index in [9.17, 15) is 9.59 Å². The van der Waals surface area contributed by atoms with E-state index in [-0.39, 0.29) is 17.6 Å². The smallest absolute Gasteiger partial charge is 0.242 e. The zero-order valence-corrected chi connectivity index (χ0v) is 16.5. The van der Waals surface area contributed by atoms with Gasteiger partial charge in [-0.25, -0.2) is 0 Å². The van der Waals surface area contributed by atoms with Crippen LogP contribution in [0.15, 0.2) is 59.5 Å². The fourth-order valence-corrected chi connectivity index (χ4v) is 3.55. The van der Waals surface area contributed by atoms with Crippen molar-refractivity contribution in [3.05, 3.63) is 65.2 Å². The molecule has 0 aliphatic carbocycles. The molecule has 1 N–H and O–H groups in total. The molecule has 6 heteroatoms. The molecular weight excluding hydrogens is 368 g/mol. The van der Waals surface area contributed by atoms with Crippen molar-refractivity contribution in [2.24, 2.45) is 0 Å². The number of carbonyl (C=O) groups is 2. The van der Waals surface area contributed by atoms with E-state index in [1.165, 1.54) is 11.8 Å². The highest BCUT2D eigenvalue weighted by Gasteiger charge is 2.27. The zero-order chi connectivity index (χ0) is 18.9. The molecule has 2 amide bonds. The first-order chi connectivity index (χ1) is 12.5. The number of benzene rings is 2. The largest absolute Gasteiger partial charge is 0.357 e. The van der Waals surface area contributed by atoms with E-state index in [1.54, 1.807) is 24.1 Å². The average Bonchev–Trinajstić information content (AvgIpc) is 2.68. The summed E-state index contributed by atoms with van der Waals surface area (Å²) in [6.07, 6.45) is 0.551. The van der Waals surface area contributed by atoms with Gasteiger partial charge in [0.2, 0.25) is 11.8 Å². The molecule has 26 heavy (non-hydrogen) atoms. The van der Waals surface area contributed by atoms with Crippen LogP contribution < -0.4 is 5.32 Å². The lowest BCUT2D eigenvalue weighted by atomic mass is 10.1. The Morgan fingerprint density at radius 1 is 1.12 bits per heavy atom. The van der Waals surface area contributed by atoms with E-state index in [1.807, 2.05) is 49.4 Å². The van der Waals surface area contributed by atoms with Gasteiger partial charge in [0.25, 0.3) is 0 Å². The molecule has 138 valence electrons. The predicted octanol–water partition coefficient (Wildman–Crippen LogP) is 3.99. The Balaban J connectivity index is 2.16. The fraction of sp³-hybridized carbons (Fsp3) is 0.300. The molecule has 4 nitrogen and oxygen atoms in total. The lowest BCUT2D eigenvalue weighted by molar-refractivity contribution is -0.139. The minimum absolute atomic E-state index is 0.0655. The quantitative estimate of drug-likeness (QED) is 0.693. The summed E-state index contributed by atoms with van der Waals surface area (Å²) in [7, 11) is 1.59. The number of likely N-dealkylation sites (N-methyl/N-ethyl adjacent to an activating group) is 1. The summed E-state index contributed by atoms with van der Waals surface area (Å²) in [6, 6.07) is 16.6. The number of nitrogens with zero attached hydrogens (tertiary/aromatic N) is 1. The summed E-state index contributed by atoms with van der Waals surface area (Å²) in [4.78, 5) is 27.9. The normalized spacial score (nSPS) is 11.7. The van der Waals surface area contributed by atoms with Gasteiger partial charge in [-0.2, -0.15) is 0 Å². The van der Waals surface area contributed by atoms with Crippen LogP contribution in [0.2, 0.25) is 5.02 Å². The molecule has 2 rings (SSSR count). The Morgan fingerprint density at radius 2 is 1.77 bits per heavy atom. The molecule has 0 saturated heterocycles. The lowest BCUT2D eigenvalue weighted by Crippen LogP contribution is -2.48. The van der Waals surface area contributed by atoms with E-state index in [2.05, 4.69) is 5.32 Å². The lowest BCUT2D eigenvalue weighted by Gasteiger charge is -2.30. The Kier molecular flexibility index (Phi) is 8.01. The first kappa shape index (κ1) is 20.3. The van der Waals surface area contributed by atoms with Crippen molar-refractivity contribution in [3.63, 3.8) is 0 Å². The van der Waals surface area contributed by atoms with Gasteiger partial charge >= 0.3 is 0 Å². The van der Waals surface area contributed by atoms with E-state index < -0.39 is 6.04 Å². The van der Waals surface area contributed by atoms with Crippen LogP contribution in [-0.4, -0.2) is 35.6 Å². The number of halogens is 1. The number of hydrogen-bond donors (Lipinski definition) is 1. The van der Waals surface area contributed by atoms with E-state index in [4.69, 9.17) is 11.6 Å². The molecule has 0 bridgehead atoms. The van der Waals surface area contributed by atoms with Crippen LogP contribution in [0, 0.1) is 0 Å². The second kappa shape index (κ2) is 10.2. The monoisotopic (exact) mass is 390 g/mol. The summed E-state index contributed by atoms with van der Waals surface area (Å²) < 4.78 is 0. The third kappa shape index (κ3) is 5.78. The number of rotatable bonds is 8. The van der Waals surface area contributed by atoms with Crippen LogP contribution in [0.4, 0.5) is 0 Å². The Bertz CT molecular complexity index is 722. The molecule has 0 aliphatic rings. The number of thioether (sulfide) groups is 1. The topological polar surface area (TPSA) is 49.4 Å². The number of nitrogens with one attached hydrogen (secondary N) is 1. The molecule has 0 spiro atoms. The van der Waals surface area contributed by atoms with Gasteiger partial charge in [-0.3, -0.25) is 9.59 Å². The van der Waals surface area contributed by atoms with Gasteiger partial charge in [0, 0.05) is 23.5 Å². The predicted molar refractivity (Wildman–Crippen MR) is 107 cm³/mol. The molecule has 2 aromatic carbocycles. The molecule has 0 aromatic heterocycles. The molecule has 0 heterocycles. The third-order valence-electron chi connectivity index (χ3n) is 4.00. The Labute approximate surface area is 163 Å².